The average Bonchev–Trinajstić information content (AvgIpc) is 3.03. The van der Waals surface area contributed by atoms with E-state index in [1.807, 2.05) is 6.07 Å². The maximum Gasteiger partial charge on any atom is 0.253 e. The molecule has 0 saturated carbocycles. The maximum absolute atomic E-state index is 13.0. The highest BCUT2D eigenvalue weighted by molar-refractivity contribution is 5.99. The average molecular weight is 386 g/mol. The number of benzene rings is 2. The van der Waals surface area contributed by atoms with Crippen molar-refractivity contribution in [3.63, 3.8) is 0 Å². The van der Waals surface area contributed by atoms with Crippen LogP contribution < -0.4 is 16.0 Å². The predicted molar refractivity (Wildman–Crippen MR) is 104 cm³/mol. The zero-order valence-corrected chi connectivity index (χ0v) is 15.3. The van der Waals surface area contributed by atoms with Crippen molar-refractivity contribution in [2.75, 3.05) is 30.3 Å². The molecule has 1 atom stereocenters. The zero-order chi connectivity index (χ0) is 16.2. The molecule has 1 aliphatic rings. The number of hydrogen-bond acceptors (Lipinski definition) is 3. The minimum absolute atomic E-state index is 0. The Kier molecular flexibility index (Phi) is 8.00. The summed E-state index contributed by atoms with van der Waals surface area (Å²) in [4.78, 5) is 14.4. The van der Waals surface area contributed by atoms with Gasteiger partial charge in [-0.2, -0.15) is 0 Å². The molecular formula is C18H22Cl2FN3O. The van der Waals surface area contributed by atoms with Crippen molar-refractivity contribution in [2.24, 2.45) is 5.92 Å². The number of anilines is 2. The smallest absolute Gasteiger partial charge is 0.253 e. The third-order valence-electron chi connectivity index (χ3n) is 4.23. The number of rotatable bonds is 4. The largest absolute Gasteiger partial charge is 0.398 e. The van der Waals surface area contributed by atoms with Crippen molar-refractivity contribution < 1.29 is 9.18 Å². The van der Waals surface area contributed by atoms with Crippen LogP contribution in [0.4, 0.5) is 15.8 Å². The minimum Gasteiger partial charge on any atom is -0.398 e. The maximum atomic E-state index is 13.0. The molecule has 2 aromatic rings. The Bertz CT molecular complexity index is 697. The predicted octanol–water partition coefficient (Wildman–Crippen LogP) is 3.51. The number of carbonyl (C=O) groups excluding carboxylic acids is 1. The first-order chi connectivity index (χ1) is 11.1. The standard InChI is InChI=1S/C18H20FN3O.2ClH/c19-14-5-7-15(8-6-14)22-10-9-13(12-22)11-21-18(23)16-3-1-2-4-17(16)20;;/h1-8,13H,9-12,20H2,(H,21,23);2*1H. The van der Waals surface area contributed by atoms with E-state index in [0.717, 1.165) is 25.2 Å². The Hall–Kier alpha value is -1.98. The minimum atomic E-state index is -0.225. The first-order valence-corrected chi connectivity index (χ1v) is 7.76. The van der Waals surface area contributed by atoms with Gasteiger partial charge in [0.15, 0.2) is 0 Å². The summed E-state index contributed by atoms with van der Waals surface area (Å²) < 4.78 is 13.0. The summed E-state index contributed by atoms with van der Waals surface area (Å²) in [5.41, 5.74) is 7.84. The molecule has 2 aromatic carbocycles. The molecule has 1 fully saturated rings. The summed E-state index contributed by atoms with van der Waals surface area (Å²) in [5, 5.41) is 2.96. The van der Waals surface area contributed by atoms with Crippen molar-refractivity contribution in [1.29, 1.82) is 0 Å². The summed E-state index contributed by atoms with van der Waals surface area (Å²) in [5.74, 6) is 0.0227. The van der Waals surface area contributed by atoms with Gasteiger partial charge in [0.25, 0.3) is 5.91 Å². The molecule has 0 spiro atoms. The normalized spacial score (nSPS) is 15.9. The third-order valence-corrected chi connectivity index (χ3v) is 4.23. The molecule has 1 unspecified atom stereocenters. The molecule has 136 valence electrons. The third kappa shape index (κ3) is 5.25. The lowest BCUT2D eigenvalue weighted by atomic mass is 10.1. The van der Waals surface area contributed by atoms with Crippen molar-refractivity contribution in [3.05, 3.63) is 59.9 Å². The van der Waals surface area contributed by atoms with E-state index in [1.54, 1.807) is 30.3 Å². The van der Waals surface area contributed by atoms with Gasteiger partial charge in [-0.1, -0.05) is 12.1 Å². The van der Waals surface area contributed by atoms with E-state index in [0.29, 0.717) is 23.7 Å². The van der Waals surface area contributed by atoms with Crippen LogP contribution in [0, 0.1) is 11.7 Å². The van der Waals surface area contributed by atoms with E-state index in [2.05, 4.69) is 10.2 Å². The van der Waals surface area contributed by atoms with Crippen molar-refractivity contribution in [2.45, 2.75) is 6.42 Å². The molecule has 25 heavy (non-hydrogen) atoms. The van der Waals surface area contributed by atoms with E-state index in [1.165, 1.54) is 12.1 Å². The van der Waals surface area contributed by atoms with E-state index < -0.39 is 0 Å². The van der Waals surface area contributed by atoms with Gasteiger partial charge in [0.2, 0.25) is 0 Å². The van der Waals surface area contributed by atoms with E-state index >= 15 is 0 Å². The van der Waals surface area contributed by atoms with Crippen LogP contribution in [-0.2, 0) is 0 Å². The lowest BCUT2D eigenvalue weighted by molar-refractivity contribution is 0.0949. The Morgan fingerprint density at radius 3 is 2.52 bits per heavy atom. The van der Waals surface area contributed by atoms with Crippen LogP contribution in [0.15, 0.2) is 48.5 Å². The second-order valence-corrected chi connectivity index (χ2v) is 5.87. The number of nitrogens with two attached hydrogens (primary N) is 1. The summed E-state index contributed by atoms with van der Waals surface area (Å²) in [6, 6.07) is 13.6. The fourth-order valence-corrected chi connectivity index (χ4v) is 2.92. The summed E-state index contributed by atoms with van der Waals surface area (Å²) in [7, 11) is 0. The van der Waals surface area contributed by atoms with E-state index in [9.17, 15) is 9.18 Å². The van der Waals surface area contributed by atoms with Crippen LogP contribution in [0.5, 0.6) is 0 Å². The van der Waals surface area contributed by atoms with Gasteiger partial charge in [-0.15, -0.1) is 24.8 Å². The Morgan fingerprint density at radius 2 is 1.84 bits per heavy atom. The Labute approximate surface area is 159 Å². The van der Waals surface area contributed by atoms with Gasteiger partial charge in [-0.25, -0.2) is 4.39 Å². The highest BCUT2D eigenvalue weighted by Crippen LogP contribution is 2.23. The van der Waals surface area contributed by atoms with Crippen LogP contribution in [0.2, 0.25) is 0 Å². The van der Waals surface area contributed by atoms with Crippen LogP contribution >= 0.6 is 24.8 Å². The number of carbonyl (C=O) groups is 1. The molecule has 1 heterocycles. The first kappa shape index (κ1) is 21.1. The van der Waals surface area contributed by atoms with Gasteiger partial charge in [-0.3, -0.25) is 4.79 Å². The number of nitrogen functional groups attached to an aromatic ring is 1. The number of nitrogens with zero attached hydrogens (tertiary/aromatic N) is 1. The highest BCUT2D eigenvalue weighted by Gasteiger charge is 2.23. The zero-order valence-electron chi connectivity index (χ0n) is 13.7. The molecule has 0 aliphatic carbocycles. The topological polar surface area (TPSA) is 58.4 Å². The number of para-hydroxylation sites is 1. The molecule has 0 bridgehead atoms. The number of amides is 1. The Morgan fingerprint density at radius 1 is 1.16 bits per heavy atom. The first-order valence-electron chi connectivity index (χ1n) is 7.76. The highest BCUT2D eigenvalue weighted by atomic mass is 35.5. The number of halogens is 3. The second kappa shape index (κ2) is 9.49. The molecule has 3 rings (SSSR count). The molecule has 0 radical (unpaired) electrons. The summed E-state index contributed by atoms with van der Waals surface area (Å²) in [6.45, 7) is 2.39. The molecular weight excluding hydrogens is 364 g/mol. The number of hydrogen-bond donors (Lipinski definition) is 2. The quantitative estimate of drug-likeness (QED) is 0.791. The van der Waals surface area contributed by atoms with Gasteiger partial charge in [0.1, 0.15) is 5.82 Å². The fraction of sp³-hybridized carbons (Fsp3) is 0.278. The molecule has 3 N–H and O–H groups in total. The van der Waals surface area contributed by atoms with E-state index in [4.69, 9.17) is 5.73 Å². The van der Waals surface area contributed by atoms with Gasteiger partial charge in [0, 0.05) is 31.0 Å². The lowest BCUT2D eigenvalue weighted by Crippen LogP contribution is -2.31. The Balaban J connectivity index is 0.00000156. The van der Waals surface area contributed by atoms with Crippen LogP contribution in [0.25, 0.3) is 0 Å². The van der Waals surface area contributed by atoms with Gasteiger partial charge in [0.05, 0.1) is 5.56 Å². The number of nitrogens with one attached hydrogen (secondary N) is 1. The SMILES string of the molecule is Cl.Cl.Nc1ccccc1C(=O)NCC1CCN(c2ccc(F)cc2)C1. The molecule has 0 aromatic heterocycles. The van der Waals surface area contributed by atoms with Gasteiger partial charge in [-0.05, 0) is 48.7 Å². The van der Waals surface area contributed by atoms with Crippen LogP contribution in [-0.4, -0.2) is 25.5 Å². The van der Waals surface area contributed by atoms with Crippen molar-refractivity contribution in [3.8, 4) is 0 Å². The van der Waals surface area contributed by atoms with Crippen LogP contribution in [0.3, 0.4) is 0 Å². The molecule has 1 amide bonds. The fourth-order valence-electron chi connectivity index (χ4n) is 2.92. The van der Waals surface area contributed by atoms with Gasteiger partial charge >= 0.3 is 0 Å². The molecule has 4 nitrogen and oxygen atoms in total. The van der Waals surface area contributed by atoms with Gasteiger partial charge < -0.3 is 16.0 Å². The van der Waals surface area contributed by atoms with Crippen molar-refractivity contribution >= 4 is 42.1 Å². The molecule has 7 heteroatoms. The lowest BCUT2D eigenvalue weighted by Gasteiger charge is -2.19. The molecule has 1 saturated heterocycles. The summed E-state index contributed by atoms with van der Waals surface area (Å²) >= 11 is 0. The van der Waals surface area contributed by atoms with Crippen molar-refractivity contribution in [1.82, 2.24) is 5.32 Å². The van der Waals surface area contributed by atoms with E-state index in [-0.39, 0.29) is 36.5 Å². The second-order valence-electron chi connectivity index (χ2n) is 5.87. The van der Waals surface area contributed by atoms with Crippen LogP contribution in [0.1, 0.15) is 16.8 Å². The summed E-state index contributed by atoms with van der Waals surface area (Å²) in [6.07, 6.45) is 1.00. The molecule has 1 aliphatic heterocycles. The monoisotopic (exact) mass is 385 g/mol.